The van der Waals surface area contributed by atoms with E-state index in [2.05, 4.69) is 16.7 Å². The highest BCUT2D eigenvalue weighted by Crippen LogP contribution is 2.28. The molecule has 1 unspecified atom stereocenters. The number of nitrogens with one attached hydrogen (secondary N) is 3. The van der Waals surface area contributed by atoms with E-state index < -0.39 is 34.6 Å². The van der Waals surface area contributed by atoms with E-state index in [0.29, 0.717) is 23.8 Å². The summed E-state index contributed by atoms with van der Waals surface area (Å²) in [5.41, 5.74) is -1.31. The van der Waals surface area contributed by atoms with Crippen LogP contribution in [0.4, 0.5) is 18.9 Å². The Bertz CT molecular complexity index is 742. The molecule has 0 heterocycles. The Balaban J connectivity index is 1.86. The molecule has 0 aliphatic heterocycles. The van der Waals surface area contributed by atoms with E-state index in [-0.39, 0.29) is 19.0 Å². The summed E-state index contributed by atoms with van der Waals surface area (Å²) < 4.78 is 39.6. The maximum Gasteiger partial charge on any atom is 0.279 e. The molecule has 1 aliphatic rings. The van der Waals surface area contributed by atoms with Gasteiger partial charge in [0, 0.05) is 0 Å². The van der Waals surface area contributed by atoms with E-state index in [1.54, 1.807) is 7.05 Å². The van der Waals surface area contributed by atoms with Crippen molar-refractivity contribution in [3.63, 3.8) is 0 Å². The number of carbonyl (C=O) groups is 2. The zero-order chi connectivity index (χ0) is 19.3. The molecule has 140 valence electrons. The molecule has 0 bridgehead atoms. The minimum Gasteiger partial charge on any atom is -0.333 e. The number of hydrogen-bond acceptors (Lipinski definition) is 3. The van der Waals surface area contributed by atoms with Gasteiger partial charge < -0.3 is 15.5 Å². The van der Waals surface area contributed by atoms with Gasteiger partial charge in [-0.2, -0.15) is 5.26 Å². The first-order valence-corrected chi connectivity index (χ1v) is 8.23. The minimum absolute atomic E-state index is 0.0584. The SMILES string of the molecule is C[NH+](CC(=O)Nc1ccc(F)c(F)c1F)CC(=O)NC1(C#N)CCCC1. The van der Waals surface area contributed by atoms with Crippen LogP contribution in [0, 0.1) is 28.8 Å². The van der Waals surface area contributed by atoms with Crippen molar-refractivity contribution >= 4 is 17.5 Å². The largest absolute Gasteiger partial charge is 0.333 e. The second-order valence-electron chi connectivity index (χ2n) is 6.53. The predicted octanol–water partition coefficient (Wildman–Crippen LogP) is 0.510. The van der Waals surface area contributed by atoms with Gasteiger partial charge in [-0.3, -0.25) is 9.59 Å². The molecule has 0 spiro atoms. The van der Waals surface area contributed by atoms with Crippen LogP contribution in [0.1, 0.15) is 25.7 Å². The first-order chi connectivity index (χ1) is 12.3. The van der Waals surface area contributed by atoms with Crippen molar-refractivity contribution in [2.24, 2.45) is 0 Å². The third-order valence-corrected chi connectivity index (χ3v) is 4.28. The molecule has 1 atom stereocenters. The van der Waals surface area contributed by atoms with Gasteiger partial charge in [0.25, 0.3) is 11.8 Å². The van der Waals surface area contributed by atoms with Crippen LogP contribution in [-0.2, 0) is 9.59 Å². The Hall–Kier alpha value is -2.60. The highest BCUT2D eigenvalue weighted by atomic mass is 19.2. The number of nitriles is 1. The molecule has 1 aromatic rings. The molecule has 1 saturated carbocycles. The van der Waals surface area contributed by atoms with Crippen LogP contribution in [0.5, 0.6) is 0 Å². The van der Waals surface area contributed by atoms with E-state index >= 15 is 0 Å². The Labute approximate surface area is 149 Å². The summed E-state index contributed by atoms with van der Waals surface area (Å²) in [7, 11) is 1.58. The summed E-state index contributed by atoms with van der Waals surface area (Å²) >= 11 is 0. The standard InChI is InChI=1S/C17H19F3N4O2/c1-24(9-14(26)23-17(10-21)6-2-3-7-17)8-13(25)22-12-5-4-11(18)15(19)16(12)20/h4-5H,2-3,6-9H2,1H3,(H,22,25)(H,23,26)/p+1. The summed E-state index contributed by atoms with van der Waals surface area (Å²) in [6, 6.07) is 3.77. The minimum atomic E-state index is -1.67. The number of hydrogen-bond donors (Lipinski definition) is 3. The zero-order valence-electron chi connectivity index (χ0n) is 14.3. The predicted molar refractivity (Wildman–Crippen MR) is 86.5 cm³/mol. The molecule has 1 fully saturated rings. The maximum atomic E-state index is 13.5. The van der Waals surface area contributed by atoms with Crippen LogP contribution in [-0.4, -0.2) is 37.5 Å². The lowest BCUT2D eigenvalue weighted by Gasteiger charge is -2.22. The number of carbonyl (C=O) groups excluding carboxylic acids is 2. The molecule has 26 heavy (non-hydrogen) atoms. The number of likely N-dealkylation sites (N-methyl/N-ethyl adjacent to an activating group) is 1. The summed E-state index contributed by atoms with van der Waals surface area (Å²) in [6.07, 6.45) is 2.95. The molecule has 0 saturated heterocycles. The first-order valence-electron chi connectivity index (χ1n) is 8.23. The Morgan fingerprint density at radius 1 is 1.15 bits per heavy atom. The van der Waals surface area contributed by atoms with E-state index in [4.69, 9.17) is 0 Å². The topological polar surface area (TPSA) is 86.4 Å². The molecule has 3 N–H and O–H groups in total. The number of amides is 2. The molecular weight excluding hydrogens is 349 g/mol. The quantitative estimate of drug-likeness (QED) is 0.639. The monoisotopic (exact) mass is 369 g/mol. The van der Waals surface area contributed by atoms with Crippen molar-refractivity contribution < 1.29 is 27.7 Å². The molecule has 1 aliphatic carbocycles. The van der Waals surface area contributed by atoms with E-state index in [1.165, 1.54) is 0 Å². The number of rotatable bonds is 6. The molecule has 2 amide bonds. The van der Waals surface area contributed by atoms with Gasteiger partial charge in [-0.25, -0.2) is 13.2 Å². The van der Waals surface area contributed by atoms with Crippen LogP contribution in [0.15, 0.2) is 12.1 Å². The van der Waals surface area contributed by atoms with Gasteiger partial charge >= 0.3 is 0 Å². The molecule has 6 nitrogen and oxygen atoms in total. The smallest absolute Gasteiger partial charge is 0.279 e. The van der Waals surface area contributed by atoms with Crippen LogP contribution in [0.25, 0.3) is 0 Å². The molecule has 2 rings (SSSR count). The third kappa shape index (κ3) is 4.73. The van der Waals surface area contributed by atoms with Gasteiger partial charge in [0.2, 0.25) is 0 Å². The number of halogens is 3. The van der Waals surface area contributed by atoms with Crippen LogP contribution >= 0.6 is 0 Å². The normalized spacial score (nSPS) is 16.6. The average molecular weight is 369 g/mol. The van der Waals surface area contributed by atoms with Crippen molar-refractivity contribution in [2.75, 3.05) is 25.5 Å². The molecule has 9 heteroatoms. The molecule has 0 radical (unpaired) electrons. The van der Waals surface area contributed by atoms with Crippen molar-refractivity contribution in [2.45, 2.75) is 31.2 Å². The fraction of sp³-hybridized carbons (Fsp3) is 0.471. The number of quaternary nitrogens is 1. The molecular formula is C17H20F3N4O2+. The van der Waals surface area contributed by atoms with Crippen molar-refractivity contribution in [3.8, 4) is 6.07 Å². The second-order valence-corrected chi connectivity index (χ2v) is 6.53. The van der Waals surface area contributed by atoms with Gasteiger partial charge in [0.05, 0.1) is 18.8 Å². The average Bonchev–Trinajstić information content (AvgIpc) is 3.04. The summed E-state index contributed by atoms with van der Waals surface area (Å²) in [6.45, 7) is -0.247. The lowest BCUT2D eigenvalue weighted by Crippen LogP contribution is -3.11. The van der Waals surface area contributed by atoms with E-state index in [0.717, 1.165) is 18.9 Å². The Morgan fingerprint density at radius 3 is 2.38 bits per heavy atom. The van der Waals surface area contributed by atoms with Gasteiger partial charge in [-0.05, 0) is 37.8 Å². The van der Waals surface area contributed by atoms with Gasteiger partial charge in [0.15, 0.2) is 30.5 Å². The van der Waals surface area contributed by atoms with Crippen LogP contribution < -0.4 is 15.5 Å². The van der Waals surface area contributed by atoms with Crippen molar-refractivity contribution in [3.05, 3.63) is 29.6 Å². The summed E-state index contributed by atoms with van der Waals surface area (Å²) in [5, 5.41) is 14.1. The first kappa shape index (κ1) is 19.7. The number of anilines is 1. The van der Waals surface area contributed by atoms with Crippen LogP contribution in [0.3, 0.4) is 0 Å². The molecule has 0 aromatic heterocycles. The maximum absolute atomic E-state index is 13.5. The van der Waals surface area contributed by atoms with Crippen molar-refractivity contribution in [1.29, 1.82) is 5.26 Å². The number of nitrogens with zero attached hydrogens (tertiary/aromatic N) is 1. The fourth-order valence-corrected chi connectivity index (χ4v) is 2.98. The summed E-state index contributed by atoms with van der Waals surface area (Å²) in [4.78, 5) is 24.5. The van der Waals surface area contributed by atoms with Gasteiger partial charge in [0.1, 0.15) is 5.54 Å². The van der Waals surface area contributed by atoms with Crippen LogP contribution in [0.2, 0.25) is 0 Å². The molecule has 1 aromatic carbocycles. The fourth-order valence-electron chi connectivity index (χ4n) is 2.98. The van der Waals surface area contributed by atoms with E-state index in [9.17, 15) is 28.0 Å². The lowest BCUT2D eigenvalue weighted by atomic mass is 10.00. The van der Waals surface area contributed by atoms with Gasteiger partial charge in [-0.1, -0.05) is 0 Å². The highest BCUT2D eigenvalue weighted by Gasteiger charge is 2.36. The second kappa shape index (κ2) is 8.19. The number of benzene rings is 1. The zero-order valence-corrected chi connectivity index (χ0v) is 14.3. The highest BCUT2D eigenvalue weighted by molar-refractivity contribution is 5.91. The third-order valence-electron chi connectivity index (χ3n) is 4.28. The lowest BCUT2D eigenvalue weighted by molar-refractivity contribution is -0.862. The van der Waals surface area contributed by atoms with E-state index in [1.807, 2.05) is 0 Å². The Kier molecular flexibility index (Phi) is 6.21. The summed E-state index contributed by atoms with van der Waals surface area (Å²) in [5.74, 6) is -5.51. The van der Waals surface area contributed by atoms with Crippen molar-refractivity contribution in [1.82, 2.24) is 5.32 Å². The van der Waals surface area contributed by atoms with Gasteiger partial charge in [-0.15, -0.1) is 0 Å². The Morgan fingerprint density at radius 2 is 1.77 bits per heavy atom.